The van der Waals surface area contributed by atoms with Gasteiger partial charge in [-0.2, -0.15) is 0 Å². The first kappa shape index (κ1) is 25.8. The number of carbonyl (C=O) groups is 2. The summed E-state index contributed by atoms with van der Waals surface area (Å²) in [5.74, 6) is 0.177. The smallest absolute Gasteiger partial charge is 0.243 e. The standard InChI is InChI=1S/C27H28ClFN2O2S/c1-2-30-27(33)25(16-20-6-4-3-5-7-20)31(17-21-10-14-24(29)15-11-21)26(32)19-34-18-22-8-12-23(28)13-9-22/h3-15,25H,2,16-19H2,1H3,(H,30,33)/t25-/m1/s1. The molecular weight excluding hydrogens is 471 g/mol. The Hall–Kier alpha value is -2.83. The number of rotatable bonds is 11. The Labute approximate surface area is 209 Å². The van der Waals surface area contributed by atoms with Crippen LogP contribution in [0.15, 0.2) is 78.9 Å². The minimum atomic E-state index is -0.684. The molecule has 0 saturated heterocycles. The van der Waals surface area contributed by atoms with Crippen LogP contribution in [-0.4, -0.2) is 35.1 Å². The molecule has 4 nitrogen and oxygen atoms in total. The molecule has 1 N–H and O–H groups in total. The maximum atomic E-state index is 13.5. The highest BCUT2D eigenvalue weighted by atomic mass is 35.5. The van der Waals surface area contributed by atoms with Gasteiger partial charge in [-0.3, -0.25) is 9.59 Å². The summed E-state index contributed by atoms with van der Waals surface area (Å²) in [5.41, 5.74) is 2.79. The molecule has 7 heteroatoms. The molecule has 3 aromatic rings. The molecule has 0 fully saturated rings. The fourth-order valence-corrected chi connectivity index (χ4v) is 4.55. The predicted octanol–water partition coefficient (Wildman–Crippen LogP) is 5.49. The van der Waals surface area contributed by atoms with Crippen LogP contribution in [0.1, 0.15) is 23.6 Å². The Kier molecular flexibility index (Phi) is 9.98. The van der Waals surface area contributed by atoms with E-state index in [4.69, 9.17) is 11.6 Å². The number of benzene rings is 3. The molecule has 178 valence electrons. The van der Waals surface area contributed by atoms with Gasteiger partial charge in [0.2, 0.25) is 11.8 Å². The fraction of sp³-hybridized carbons (Fsp3) is 0.259. The van der Waals surface area contributed by atoms with E-state index in [2.05, 4.69) is 5.32 Å². The summed E-state index contributed by atoms with van der Waals surface area (Å²) in [6.07, 6.45) is 0.390. The van der Waals surface area contributed by atoms with E-state index < -0.39 is 6.04 Å². The Balaban J connectivity index is 1.81. The Morgan fingerprint density at radius 2 is 1.59 bits per heavy atom. The second-order valence-electron chi connectivity index (χ2n) is 7.87. The van der Waals surface area contributed by atoms with Crippen molar-refractivity contribution < 1.29 is 14.0 Å². The number of carbonyl (C=O) groups excluding carboxylic acids is 2. The second-order valence-corrected chi connectivity index (χ2v) is 9.29. The van der Waals surface area contributed by atoms with E-state index in [9.17, 15) is 14.0 Å². The summed E-state index contributed by atoms with van der Waals surface area (Å²) >= 11 is 7.44. The van der Waals surface area contributed by atoms with Gasteiger partial charge >= 0.3 is 0 Å². The molecule has 0 radical (unpaired) electrons. The molecule has 0 aliphatic rings. The van der Waals surface area contributed by atoms with Crippen LogP contribution in [0, 0.1) is 5.82 Å². The molecule has 0 saturated carbocycles. The van der Waals surface area contributed by atoms with Crippen LogP contribution in [0.2, 0.25) is 5.02 Å². The molecule has 0 spiro atoms. The number of thioether (sulfide) groups is 1. The molecule has 0 heterocycles. The lowest BCUT2D eigenvalue weighted by molar-refractivity contribution is -0.139. The third-order valence-electron chi connectivity index (χ3n) is 5.30. The Bertz CT molecular complexity index is 1060. The largest absolute Gasteiger partial charge is 0.355 e. The first-order valence-corrected chi connectivity index (χ1v) is 12.7. The van der Waals surface area contributed by atoms with Gasteiger partial charge in [0.15, 0.2) is 0 Å². The van der Waals surface area contributed by atoms with Gasteiger partial charge < -0.3 is 10.2 Å². The van der Waals surface area contributed by atoms with Crippen molar-refractivity contribution >= 4 is 35.2 Å². The van der Waals surface area contributed by atoms with Crippen LogP contribution in [0.3, 0.4) is 0 Å². The van der Waals surface area contributed by atoms with E-state index in [0.29, 0.717) is 23.7 Å². The van der Waals surface area contributed by atoms with Gasteiger partial charge in [0.25, 0.3) is 0 Å². The van der Waals surface area contributed by atoms with Gasteiger partial charge in [-0.25, -0.2) is 4.39 Å². The van der Waals surface area contributed by atoms with Crippen molar-refractivity contribution in [2.24, 2.45) is 0 Å². The second kappa shape index (κ2) is 13.2. The average Bonchev–Trinajstić information content (AvgIpc) is 2.84. The molecular formula is C27H28ClFN2O2S. The van der Waals surface area contributed by atoms with Crippen LogP contribution in [-0.2, 0) is 28.3 Å². The van der Waals surface area contributed by atoms with Gasteiger partial charge in [0, 0.05) is 30.3 Å². The third-order valence-corrected chi connectivity index (χ3v) is 6.54. The summed E-state index contributed by atoms with van der Waals surface area (Å²) in [6.45, 7) is 2.54. The van der Waals surface area contributed by atoms with Crippen molar-refractivity contribution in [3.05, 3.63) is 106 Å². The lowest BCUT2D eigenvalue weighted by atomic mass is 10.0. The third kappa shape index (κ3) is 7.89. The first-order valence-electron chi connectivity index (χ1n) is 11.1. The molecule has 34 heavy (non-hydrogen) atoms. The number of likely N-dealkylation sites (N-methyl/N-ethyl adjacent to an activating group) is 1. The quantitative estimate of drug-likeness (QED) is 0.380. The Morgan fingerprint density at radius 3 is 2.24 bits per heavy atom. The molecule has 2 amide bonds. The lowest BCUT2D eigenvalue weighted by Gasteiger charge is -2.31. The number of nitrogens with one attached hydrogen (secondary N) is 1. The highest BCUT2D eigenvalue weighted by Gasteiger charge is 2.30. The zero-order chi connectivity index (χ0) is 24.3. The van der Waals surface area contributed by atoms with Crippen molar-refractivity contribution in [2.45, 2.75) is 31.7 Å². The van der Waals surface area contributed by atoms with E-state index in [-0.39, 0.29) is 29.9 Å². The summed E-state index contributed by atoms with van der Waals surface area (Å²) in [6, 6.07) is 22.5. The molecule has 0 unspecified atom stereocenters. The van der Waals surface area contributed by atoms with Crippen LogP contribution < -0.4 is 5.32 Å². The van der Waals surface area contributed by atoms with E-state index in [1.807, 2.05) is 61.5 Å². The van der Waals surface area contributed by atoms with Crippen molar-refractivity contribution in [2.75, 3.05) is 12.3 Å². The zero-order valence-corrected chi connectivity index (χ0v) is 20.6. The number of amides is 2. The molecule has 0 aliphatic carbocycles. The van der Waals surface area contributed by atoms with E-state index in [1.165, 1.54) is 23.9 Å². The fourth-order valence-electron chi connectivity index (χ4n) is 3.55. The van der Waals surface area contributed by atoms with E-state index in [1.54, 1.807) is 17.0 Å². The normalized spacial score (nSPS) is 11.6. The van der Waals surface area contributed by atoms with Gasteiger partial charge in [-0.1, -0.05) is 66.2 Å². The number of hydrogen-bond donors (Lipinski definition) is 1. The van der Waals surface area contributed by atoms with Crippen LogP contribution in [0.5, 0.6) is 0 Å². The van der Waals surface area contributed by atoms with Gasteiger partial charge in [0.1, 0.15) is 11.9 Å². The van der Waals surface area contributed by atoms with Gasteiger partial charge in [0.05, 0.1) is 5.75 Å². The van der Waals surface area contributed by atoms with Crippen molar-refractivity contribution in [1.82, 2.24) is 10.2 Å². The molecule has 0 bridgehead atoms. The molecule has 3 rings (SSSR count). The highest BCUT2D eigenvalue weighted by molar-refractivity contribution is 7.99. The predicted molar refractivity (Wildman–Crippen MR) is 137 cm³/mol. The van der Waals surface area contributed by atoms with Crippen LogP contribution in [0.4, 0.5) is 4.39 Å². The minimum absolute atomic E-state index is 0.143. The van der Waals surface area contributed by atoms with Crippen molar-refractivity contribution in [1.29, 1.82) is 0 Å². The maximum absolute atomic E-state index is 13.5. The Morgan fingerprint density at radius 1 is 0.941 bits per heavy atom. The molecule has 3 aromatic carbocycles. The molecule has 0 aliphatic heterocycles. The van der Waals surface area contributed by atoms with Crippen molar-refractivity contribution in [3.63, 3.8) is 0 Å². The average molecular weight is 499 g/mol. The summed E-state index contributed by atoms with van der Waals surface area (Å²) in [5, 5.41) is 3.54. The summed E-state index contributed by atoms with van der Waals surface area (Å²) in [7, 11) is 0. The number of hydrogen-bond acceptors (Lipinski definition) is 3. The molecule has 0 aromatic heterocycles. The zero-order valence-electron chi connectivity index (χ0n) is 19.0. The van der Waals surface area contributed by atoms with Crippen LogP contribution in [0.25, 0.3) is 0 Å². The number of halogens is 2. The maximum Gasteiger partial charge on any atom is 0.243 e. The van der Waals surface area contributed by atoms with Crippen molar-refractivity contribution in [3.8, 4) is 0 Å². The summed E-state index contributed by atoms with van der Waals surface area (Å²) in [4.78, 5) is 28.1. The van der Waals surface area contributed by atoms with E-state index >= 15 is 0 Å². The van der Waals surface area contributed by atoms with Gasteiger partial charge in [-0.05, 0) is 47.9 Å². The first-order chi connectivity index (χ1) is 16.5. The van der Waals surface area contributed by atoms with Gasteiger partial charge in [-0.15, -0.1) is 11.8 Å². The van der Waals surface area contributed by atoms with E-state index in [0.717, 1.165) is 16.7 Å². The number of nitrogens with zero attached hydrogens (tertiary/aromatic N) is 1. The highest BCUT2D eigenvalue weighted by Crippen LogP contribution is 2.19. The SMILES string of the molecule is CCNC(=O)[C@@H](Cc1ccccc1)N(Cc1ccc(F)cc1)C(=O)CSCc1ccc(Cl)cc1. The summed E-state index contributed by atoms with van der Waals surface area (Å²) < 4.78 is 13.5. The topological polar surface area (TPSA) is 49.4 Å². The lowest BCUT2D eigenvalue weighted by Crippen LogP contribution is -2.51. The molecule has 1 atom stereocenters. The monoisotopic (exact) mass is 498 g/mol. The van der Waals surface area contributed by atoms with Crippen LogP contribution >= 0.6 is 23.4 Å². The minimum Gasteiger partial charge on any atom is -0.355 e.